The van der Waals surface area contributed by atoms with Crippen LogP contribution in [0.4, 0.5) is 4.79 Å². The maximum absolute atomic E-state index is 10.9. The zero-order chi connectivity index (χ0) is 11.5. The van der Waals surface area contributed by atoms with Crippen molar-refractivity contribution in [3.05, 3.63) is 36.3 Å². The molecule has 2 N–H and O–H groups in total. The summed E-state index contributed by atoms with van der Waals surface area (Å²) >= 11 is 0. The normalized spacial score (nSPS) is 10.1. The zero-order valence-electron chi connectivity index (χ0n) is 8.61. The number of alkyl carbamates (subject to hydrolysis) is 1. The van der Waals surface area contributed by atoms with Gasteiger partial charge in [-0.2, -0.15) is 0 Å². The number of hydrogen-bond donors (Lipinski definition) is 2. The second kappa shape index (κ2) is 4.06. The Labute approximate surface area is 91.5 Å². The number of hydrogen-bond acceptors (Lipinski definition) is 4. The van der Waals surface area contributed by atoms with Crippen molar-refractivity contribution >= 4 is 22.7 Å². The van der Waals surface area contributed by atoms with E-state index < -0.39 is 6.09 Å². The maximum atomic E-state index is 10.9. The second-order valence-corrected chi connectivity index (χ2v) is 3.21. The molecule has 2 rings (SSSR count). The van der Waals surface area contributed by atoms with Gasteiger partial charge in [0, 0.05) is 16.3 Å². The van der Waals surface area contributed by atoms with Crippen LogP contribution >= 0.6 is 0 Å². The summed E-state index contributed by atoms with van der Waals surface area (Å²) in [6.45, 7) is 0. The Morgan fingerprint density at radius 3 is 2.88 bits per heavy atom. The topological polar surface area (TPSA) is 75.3 Å². The molecule has 0 aliphatic heterocycles. The predicted octanol–water partition coefficient (Wildman–Crippen LogP) is 2.11. The van der Waals surface area contributed by atoms with Crippen LogP contribution in [0.1, 0.15) is 5.56 Å². The number of rotatable bonds is 1. The second-order valence-electron chi connectivity index (χ2n) is 3.21. The quantitative estimate of drug-likeness (QED) is 0.568. The van der Waals surface area contributed by atoms with Crippen molar-refractivity contribution < 1.29 is 13.9 Å². The molecule has 82 valence electrons. The van der Waals surface area contributed by atoms with Gasteiger partial charge in [-0.25, -0.2) is 4.79 Å². The van der Waals surface area contributed by atoms with E-state index in [0.29, 0.717) is 5.56 Å². The lowest BCUT2D eigenvalue weighted by Gasteiger charge is -2.05. The van der Waals surface area contributed by atoms with Gasteiger partial charge in [0.1, 0.15) is 5.84 Å². The van der Waals surface area contributed by atoms with Crippen LogP contribution in [0, 0.1) is 5.41 Å². The number of methoxy groups -OCH3 is 1. The molecule has 5 nitrogen and oxygen atoms in total. The summed E-state index contributed by atoms with van der Waals surface area (Å²) < 4.78 is 9.42. The van der Waals surface area contributed by atoms with Crippen molar-refractivity contribution in [3.8, 4) is 0 Å². The minimum atomic E-state index is -0.655. The number of amides is 1. The number of amidine groups is 1. The van der Waals surface area contributed by atoms with Gasteiger partial charge in [0.25, 0.3) is 0 Å². The van der Waals surface area contributed by atoms with Crippen LogP contribution < -0.4 is 5.32 Å². The number of carbonyl (C=O) groups is 1. The summed E-state index contributed by atoms with van der Waals surface area (Å²) in [6, 6.07) is 5.31. The van der Waals surface area contributed by atoms with Crippen molar-refractivity contribution in [2.75, 3.05) is 7.11 Å². The number of furan rings is 1. The van der Waals surface area contributed by atoms with E-state index in [1.54, 1.807) is 24.7 Å². The van der Waals surface area contributed by atoms with Gasteiger partial charge in [-0.15, -0.1) is 0 Å². The van der Waals surface area contributed by atoms with Crippen LogP contribution in [0.2, 0.25) is 0 Å². The smallest absolute Gasteiger partial charge is 0.412 e. The van der Waals surface area contributed by atoms with Crippen LogP contribution in [-0.2, 0) is 4.74 Å². The summed E-state index contributed by atoms with van der Waals surface area (Å²) in [5.41, 5.74) is 0.597. The molecule has 1 aromatic heterocycles. The molecule has 16 heavy (non-hydrogen) atoms. The average Bonchev–Trinajstić information content (AvgIpc) is 2.75. The molecule has 1 heterocycles. The van der Waals surface area contributed by atoms with E-state index >= 15 is 0 Å². The Morgan fingerprint density at radius 2 is 2.12 bits per heavy atom. The van der Waals surface area contributed by atoms with Gasteiger partial charge in [-0.05, 0) is 6.07 Å². The van der Waals surface area contributed by atoms with Gasteiger partial charge in [0.05, 0.1) is 19.6 Å². The van der Waals surface area contributed by atoms with Crippen LogP contribution in [-0.4, -0.2) is 19.0 Å². The Morgan fingerprint density at radius 1 is 1.38 bits per heavy atom. The molecule has 0 saturated heterocycles. The van der Waals surface area contributed by atoms with E-state index in [1.807, 2.05) is 6.07 Å². The molecule has 0 fully saturated rings. The first-order valence-electron chi connectivity index (χ1n) is 4.60. The SMILES string of the molecule is COC(=O)NC(=N)c1ccc2cocc2c1. The zero-order valence-corrected chi connectivity index (χ0v) is 8.61. The molecule has 0 radical (unpaired) electrons. The summed E-state index contributed by atoms with van der Waals surface area (Å²) in [7, 11) is 1.25. The van der Waals surface area contributed by atoms with Crippen LogP contribution in [0.5, 0.6) is 0 Å². The van der Waals surface area contributed by atoms with E-state index in [9.17, 15) is 4.79 Å². The summed E-state index contributed by atoms with van der Waals surface area (Å²) in [4.78, 5) is 10.9. The number of carbonyl (C=O) groups excluding carboxylic acids is 1. The first-order valence-corrected chi connectivity index (χ1v) is 4.60. The lowest BCUT2D eigenvalue weighted by molar-refractivity contribution is 0.177. The van der Waals surface area contributed by atoms with Crippen molar-refractivity contribution in [2.24, 2.45) is 0 Å². The fourth-order valence-corrected chi connectivity index (χ4v) is 1.35. The van der Waals surface area contributed by atoms with E-state index in [1.165, 1.54) is 7.11 Å². The van der Waals surface area contributed by atoms with Crippen molar-refractivity contribution in [2.45, 2.75) is 0 Å². The van der Waals surface area contributed by atoms with Crippen LogP contribution in [0.3, 0.4) is 0 Å². The highest BCUT2D eigenvalue weighted by molar-refractivity contribution is 6.06. The molecule has 0 atom stereocenters. The third-order valence-corrected chi connectivity index (χ3v) is 2.18. The molecule has 0 saturated carbocycles. The Balaban J connectivity index is 2.25. The highest BCUT2D eigenvalue weighted by atomic mass is 16.5. The Kier molecular flexibility index (Phi) is 2.59. The van der Waals surface area contributed by atoms with E-state index in [0.717, 1.165) is 10.8 Å². The molecular formula is C11H10N2O3. The van der Waals surface area contributed by atoms with Crippen molar-refractivity contribution in [1.29, 1.82) is 5.41 Å². The van der Waals surface area contributed by atoms with Crippen molar-refractivity contribution in [3.63, 3.8) is 0 Å². The third kappa shape index (κ3) is 1.88. The standard InChI is InChI=1S/C11H10N2O3/c1-15-11(14)13-10(12)7-2-3-8-5-16-6-9(8)4-7/h2-6H,1H3,(H2,12,13,14). The average molecular weight is 218 g/mol. The predicted molar refractivity (Wildman–Crippen MR) is 58.6 cm³/mol. The fraction of sp³-hybridized carbons (Fsp3) is 0.0909. The highest BCUT2D eigenvalue weighted by Crippen LogP contribution is 2.16. The largest absolute Gasteiger partial charge is 0.471 e. The Bertz CT molecular complexity index is 545. The summed E-state index contributed by atoms with van der Waals surface area (Å²) in [5, 5.41) is 11.8. The van der Waals surface area contributed by atoms with E-state index in [4.69, 9.17) is 9.83 Å². The summed E-state index contributed by atoms with van der Waals surface area (Å²) in [6.07, 6.45) is 2.55. The lowest BCUT2D eigenvalue weighted by atomic mass is 10.1. The third-order valence-electron chi connectivity index (χ3n) is 2.18. The Hall–Kier alpha value is -2.30. The molecule has 0 unspecified atom stereocenters. The molecule has 0 spiro atoms. The first-order chi connectivity index (χ1) is 7.70. The molecule has 2 aromatic rings. The molecule has 0 aliphatic rings. The van der Waals surface area contributed by atoms with Gasteiger partial charge in [0.15, 0.2) is 0 Å². The first kappa shape index (κ1) is 10.2. The van der Waals surface area contributed by atoms with Gasteiger partial charge >= 0.3 is 6.09 Å². The number of nitrogens with one attached hydrogen (secondary N) is 2. The number of ether oxygens (including phenoxy) is 1. The van der Waals surface area contributed by atoms with E-state index in [-0.39, 0.29) is 5.84 Å². The molecule has 1 aromatic carbocycles. The molecule has 1 amide bonds. The molecule has 5 heteroatoms. The number of fused-ring (bicyclic) bond motifs is 1. The maximum Gasteiger partial charge on any atom is 0.412 e. The molecule has 0 aliphatic carbocycles. The van der Waals surface area contributed by atoms with Crippen LogP contribution in [0.25, 0.3) is 10.8 Å². The number of benzene rings is 1. The lowest BCUT2D eigenvalue weighted by Crippen LogP contribution is -2.30. The summed E-state index contributed by atoms with van der Waals surface area (Å²) in [5.74, 6) is -0.00468. The van der Waals surface area contributed by atoms with Crippen LogP contribution in [0.15, 0.2) is 35.1 Å². The van der Waals surface area contributed by atoms with Gasteiger partial charge in [0.2, 0.25) is 0 Å². The van der Waals surface area contributed by atoms with E-state index in [2.05, 4.69) is 10.1 Å². The molecule has 0 bridgehead atoms. The fourth-order valence-electron chi connectivity index (χ4n) is 1.35. The van der Waals surface area contributed by atoms with Gasteiger partial charge in [-0.3, -0.25) is 10.7 Å². The monoisotopic (exact) mass is 218 g/mol. The minimum absolute atomic E-state index is 0.00468. The van der Waals surface area contributed by atoms with Crippen molar-refractivity contribution in [1.82, 2.24) is 5.32 Å². The van der Waals surface area contributed by atoms with Gasteiger partial charge in [-0.1, -0.05) is 12.1 Å². The van der Waals surface area contributed by atoms with Gasteiger partial charge < -0.3 is 9.15 Å². The molecular weight excluding hydrogens is 208 g/mol. The minimum Gasteiger partial charge on any atom is -0.471 e. The highest BCUT2D eigenvalue weighted by Gasteiger charge is 2.07.